The molecule has 0 aliphatic carbocycles. The summed E-state index contributed by atoms with van der Waals surface area (Å²) in [5.41, 5.74) is 1.79. The van der Waals surface area contributed by atoms with Gasteiger partial charge in [0.05, 0.1) is 5.60 Å². The highest BCUT2D eigenvalue weighted by Gasteiger charge is 2.20. The van der Waals surface area contributed by atoms with Crippen molar-refractivity contribution < 1.29 is 5.11 Å². The molecule has 2 rings (SSSR count). The van der Waals surface area contributed by atoms with Crippen molar-refractivity contribution in [2.24, 2.45) is 7.05 Å². The monoisotopic (exact) mass is 275 g/mol. The number of para-hydroxylation sites is 1. The minimum absolute atomic E-state index is 0.578. The van der Waals surface area contributed by atoms with Gasteiger partial charge in [0.2, 0.25) is 0 Å². The third kappa shape index (κ3) is 3.60. The molecular formula is C16H25N3O. The van der Waals surface area contributed by atoms with E-state index in [0.717, 1.165) is 6.54 Å². The Labute approximate surface area is 121 Å². The molecule has 1 aromatic heterocycles. The summed E-state index contributed by atoms with van der Waals surface area (Å²) >= 11 is 0. The van der Waals surface area contributed by atoms with Crippen LogP contribution in [0.3, 0.4) is 0 Å². The van der Waals surface area contributed by atoms with E-state index in [-0.39, 0.29) is 0 Å². The fraction of sp³-hybridized carbons (Fsp3) is 0.500. The Bertz CT molecular complexity index is 572. The van der Waals surface area contributed by atoms with Gasteiger partial charge in [0.1, 0.15) is 0 Å². The first-order valence-corrected chi connectivity index (χ1v) is 7.00. The quantitative estimate of drug-likeness (QED) is 0.841. The first-order chi connectivity index (χ1) is 9.39. The Kier molecular flexibility index (Phi) is 4.48. The molecule has 1 unspecified atom stereocenters. The van der Waals surface area contributed by atoms with Gasteiger partial charge in [-0.05, 0) is 32.6 Å². The number of likely N-dealkylation sites (N-methyl/N-ethyl adjacent to an activating group) is 1. The summed E-state index contributed by atoms with van der Waals surface area (Å²) in [7, 11) is 6.01. The van der Waals surface area contributed by atoms with E-state index in [1.807, 2.05) is 25.9 Å². The van der Waals surface area contributed by atoms with E-state index in [9.17, 15) is 5.11 Å². The first-order valence-electron chi connectivity index (χ1n) is 7.00. The van der Waals surface area contributed by atoms with Crippen LogP contribution in [0.15, 0.2) is 30.5 Å². The molecule has 1 heterocycles. The van der Waals surface area contributed by atoms with Gasteiger partial charge < -0.3 is 19.9 Å². The second-order valence-electron chi connectivity index (χ2n) is 6.12. The zero-order chi connectivity index (χ0) is 14.8. The van der Waals surface area contributed by atoms with E-state index in [4.69, 9.17) is 0 Å². The standard InChI is InChI=1S/C16H25N3O/c1-16(20,12-18(2)3)11-17-9-13-10-19(4)15-8-6-5-7-14(13)15/h5-8,10,17,20H,9,11-12H2,1-4H3. The Morgan fingerprint density at radius 3 is 2.70 bits per heavy atom. The number of aromatic nitrogens is 1. The number of fused-ring (bicyclic) bond motifs is 1. The predicted molar refractivity (Wildman–Crippen MR) is 83.8 cm³/mol. The maximum Gasteiger partial charge on any atom is 0.0869 e. The van der Waals surface area contributed by atoms with Gasteiger partial charge in [-0.1, -0.05) is 18.2 Å². The number of nitrogens with zero attached hydrogens (tertiary/aromatic N) is 2. The smallest absolute Gasteiger partial charge is 0.0869 e. The molecule has 4 heteroatoms. The highest BCUT2D eigenvalue weighted by Crippen LogP contribution is 2.20. The van der Waals surface area contributed by atoms with Gasteiger partial charge in [0, 0.05) is 43.8 Å². The van der Waals surface area contributed by atoms with Crippen LogP contribution < -0.4 is 5.32 Å². The summed E-state index contributed by atoms with van der Waals surface area (Å²) in [6.07, 6.45) is 2.15. The highest BCUT2D eigenvalue weighted by molar-refractivity contribution is 5.83. The fourth-order valence-corrected chi connectivity index (χ4v) is 2.77. The van der Waals surface area contributed by atoms with E-state index in [0.29, 0.717) is 13.1 Å². The molecule has 0 fully saturated rings. The second-order valence-corrected chi connectivity index (χ2v) is 6.12. The van der Waals surface area contributed by atoms with Gasteiger partial charge in [0.15, 0.2) is 0 Å². The summed E-state index contributed by atoms with van der Waals surface area (Å²) < 4.78 is 2.14. The van der Waals surface area contributed by atoms with E-state index in [1.54, 1.807) is 0 Å². The first kappa shape index (κ1) is 15.0. The van der Waals surface area contributed by atoms with Crippen LogP contribution in [0.5, 0.6) is 0 Å². The minimum Gasteiger partial charge on any atom is -0.388 e. The van der Waals surface area contributed by atoms with Gasteiger partial charge in [0.25, 0.3) is 0 Å². The highest BCUT2D eigenvalue weighted by atomic mass is 16.3. The third-order valence-corrected chi connectivity index (χ3v) is 3.46. The minimum atomic E-state index is -0.714. The molecule has 0 bridgehead atoms. The van der Waals surface area contributed by atoms with Crippen molar-refractivity contribution in [3.8, 4) is 0 Å². The lowest BCUT2D eigenvalue weighted by molar-refractivity contribution is 0.0336. The molecule has 20 heavy (non-hydrogen) atoms. The van der Waals surface area contributed by atoms with Crippen molar-refractivity contribution in [3.63, 3.8) is 0 Å². The summed E-state index contributed by atoms with van der Waals surface area (Å²) in [4.78, 5) is 2.00. The van der Waals surface area contributed by atoms with Crippen LogP contribution in [0.1, 0.15) is 12.5 Å². The molecule has 0 radical (unpaired) electrons. The van der Waals surface area contributed by atoms with E-state index < -0.39 is 5.60 Å². The van der Waals surface area contributed by atoms with E-state index in [2.05, 4.69) is 47.4 Å². The zero-order valence-electron chi connectivity index (χ0n) is 12.8. The molecule has 0 saturated heterocycles. The van der Waals surface area contributed by atoms with Crippen LogP contribution in [0.25, 0.3) is 10.9 Å². The lowest BCUT2D eigenvalue weighted by Crippen LogP contribution is -2.45. The molecule has 1 aromatic carbocycles. The number of aryl methyl sites for hydroxylation is 1. The van der Waals surface area contributed by atoms with Crippen LogP contribution in [-0.4, -0.2) is 47.4 Å². The topological polar surface area (TPSA) is 40.4 Å². The molecule has 4 nitrogen and oxygen atoms in total. The molecule has 0 spiro atoms. The van der Waals surface area contributed by atoms with Crippen molar-refractivity contribution in [1.82, 2.24) is 14.8 Å². The molecule has 2 aromatic rings. The normalized spacial score (nSPS) is 14.9. The van der Waals surface area contributed by atoms with Crippen molar-refractivity contribution in [1.29, 1.82) is 0 Å². The molecule has 0 aliphatic heterocycles. The van der Waals surface area contributed by atoms with Gasteiger partial charge >= 0.3 is 0 Å². The number of nitrogens with one attached hydrogen (secondary N) is 1. The molecule has 0 amide bonds. The van der Waals surface area contributed by atoms with E-state index in [1.165, 1.54) is 16.5 Å². The van der Waals surface area contributed by atoms with E-state index >= 15 is 0 Å². The average Bonchev–Trinajstić information content (AvgIpc) is 2.65. The summed E-state index contributed by atoms with van der Waals surface area (Å²) in [6.45, 7) is 3.86. The molecular weight excluding hydrogens is 250 g/mol. The Balaban J connectivity index is 2.00. The summed E-state index contributed by atoms with van der Waals surface area (Å²) in [5.74, 6) is 0. The number of hydrogen-bond donors (Lipinski definition) is 2. The third-order valence-electron chi connectivity index (χ3n) is 3.46. The largest absolute Gasteiger partial charge is 0.388 e. The maximum absolute atomic E-state index is 10.3. The van der Waals surface area contributed by atoms with Crippen LogP contribution in [0, 0.1) is 0 Å². The molecule has 1 atom stereocenters. The van der Waals surface area contributed by atoms with Crippen LogP contribution in [0.4, 0.5) is 0 Å². The van der Waals surface area contributed by atoms with Crippen molar-refractivity contribution >= 4 is 10.9 Å². The van der Waals surface area contributed by atoms with Gasteiger partial charge in [-0.2, -0.15) is 0 Å². The maximum atomic E-state index is 10.3. The lowest BCUT2D eigenvalue weighted by atomic mass is 10.1. The van der Waals surface area contributed by atoms with Crippen molar-refractivity contribution in [3.05, 3.63) is 36.0 Å². The lowest BCUT2D eigenvalue weighted by Gasteiger charge is -2.27. The van der Waals surface area contributed by atoms with Gasteiger partial charge in [-0.25, -0.2) is 0 Å². The molecule has 2 N–H and O–H groups in total. The van der Waals surface area contributed by atoms with Crippen molar-refractivity contribution in [2.45, 2.75) is 19.1 Å². The van der Waals surface area contributed by atoms with Crippen LogP contribution >= 0.6 is 0 Å². The van der Waals surface area contributed by atoms with Crippen LogP contribution in [0.2, 0.25) is 0 Å². The Morgan fingerprint density at radius 2 is 2.00 bits per heavy atom. The summed E-state index contributed by atoms with van der Waals surface area (Å²) in [5, 5.41) is 14.9. The number of rotatable bonds is 6. The predicted octanol–water partition coefficient (Wildman–Crippen LogP) is 1.58. The Hall–Kier alpha value is -1.36. The second kappa shape index (κ2) is 5.95. The number of benzene rings is 1. The number of aliphatic hydroxyl groups is 1. The molecule has 0 saturated carbocycles. The molecule has 0 aliphatic rings. The van der Waals surface area contributed by atoms with Crippen LogP contribution in [-0.2, 0) is 13.6 Å². The number of hydrogen-bond acceptors (Lipinski definition) is 3. The molecule has 110 valence electrons. The fourth-order valence-electron chi connectivity index (χ4n) is 2.77. The average molecular weight is 275 g/mol. The van der Waals surface area contributed by atoms with Gasteiger partial charge in [-0.15, -0.1) is 0 Å². The Morgan fingerprint density at radius 1 is 1.30 bits per heavy atom. The van der Waals surface area contributed by atoms with Crippen molar-refractivity contribution in [2.75, 3.05) is 27.2 Å². The van der Waals surface area contributed by atoms with Gasteiger partial charge in [-0.3, -0.25) is 0 Å². The zero-order valence-corrected chi connectivity index (χ0v) is 12.8. The SMILES string of the molecule is CN(C)CC(C)(O)CNCc1cn(C)c2ccccc12. The summed E-state index contributed by atoms with van der Waals surface area (Å²) in [6, 6.07) is 8.39.